The first kappa shape index (κ1) is 62.7. The molecule has 9 N–H and O–H groups in total. The summed E-state index contributed by atoms with van der Waals surface area (Å²) in [6.07, 6.45) is 0.310. The lowest BCUT2D eigenvalue weighted by Crippen LogP contribution is -2.09. The van der Waals surface area contributed by atoms with Crippen LogP contribution in [0.2, 0.25) is 0 Å². The summed E-state index contributed by atoms with van der Waals surface area (Å²) in [7, 11) is -24.8. The van der Waals surface area contributed by atoms with E-state index in [9.17, 15) is 55.7 Å². The summed E-state index contributed by atoms with van der Waals surface area (Å²) in [5, 5.41) is 17.6. The van der Waals surface area contributed by atoms with Crippen molar-refractivity contribution < 1.29 is 87.0 Å². The fourth-order valence-electron chi connectivity index (χ4n) is 6.30. The van der Waals surface area contributed by atoms with Gasteiger partial charge >= 0.3 is 10.6 Å². The normalized spacial score (nSPS) is 12.4. The van der Waals surface area contributed by atoms with Crippen LogP contribution in [0.25, 0.3) is 21.0 Å². The van der Waals surface area contributed by atoms with Gasteiger partial charge in [-0.1, -0.05) is 23.5 Å². The molecule has 1 heterocycles. The zero-order chi connectivity index (χ0) is 57.0. The van der Waals surface area contributed by atoms with Gasteiger partial charge in [-0.05, 0) is 116 Å². The second-order valence-corrected chi connectivity index (χ2v) is 25.8. The van der Waals surface area contributed by atoms with Crippen LogP contribution in [0, 0.1) is 20.8 Å². The molecule has 6 aromatic rings. The van der Waals surface area contributed by atoms with Crippen molar-refractivity contribution in [1.29, 1.82) is 0 Å². The fourth-order valence-corrected chi connectivity index (χ4v) is 11.1. The number of thioether (sulfide) groups is 1. The predicted octanol–water partition coefficient (Wildman–Crippen LogP) is 7.23. The molecular formula is C41H47N7O20S8. The molecule has 0 saturated heterocycles. The Morgan fingerprint density at radius 2 is 1.13 bits per heavy atom. The number of rotatable bonds is 21. The Bertz CT molecular complexity index is 3890. The molecule has 76 heavy (non-hydrogen) atoms. The zero-order valence-corrected chi connectivity index (χ0v) is 46.3. The number of ether oxygens (including phenoxy) is 2. The molecule has 414 valence electrons. The van der Waals surface area contributed by atoms with Gasteiger partial charge in [-0.3, -0.25) is 22.8 Å². The zero-order valence-electron chi connectivity index (χ0n) is 39.7. The molecule has 0 spiro atoms. The molecule has 0 aliphatic carbocycles. The quantitative estimate of drug-likeness (QED) is 0.0123. The van der Waals surface area contributed by atoms with Crippen LogP contribution in [0.15, 0.2) is 102 Å². The summed E-state index contributed by atoms with van der Waals surface area (Å²) in [5.74, 6) is -0.342. The minimum Gasteiger partial charge on any atom is -0.491 e. The highest BCUT2D eigenvalue weighted by Crippen LogP contribution is 2.42. The number of nitrogens with two attached hydrogens (primary N) is 2. The summed E-state index contributed by atoms with van der Waals surface area (Å²) in [6.45, 7) is 5.47. The summed E-state index contributed by atoms with van der Waals surface area (Å²) in [5.41, 5.74) is 15.5. The van der Waals surface area contributed by atoms with Crippen LogP contribution in [-0.4, -0.2) is 119 Å². The molecule has 0 amide bonds. The van der Waals surface area contributed by atoms with Gasteiger partial charge in [-0.15, -0.1) is 39.7 Å². The van der Waals surface area contributed by atoms with E-state index in [2.05, 4.69) is 25.4 Å². The van der Waals surface area contributed by atoms with Crippen LogP contribution in [0.3, 0.4) is 0 Å². The maximum absolute atomic E-state index is 12.3. The van der Waals surface area contributed by atoms with Gasteiger partial charge in [0.1, 0.15) is 21.9 Å². The maximum Gasteiger partial charge on any atom is 0.425 e. The van der Waals surface area contributed by atoms with E-state index in [4.69, 9.17) is 42.7 Å². The van der Waals surface area contributed by atoms with E-state index in [1.54, 1.807) is 44.2 Å². The maximum atomic E-state index is 12.3. The molecule has 0 unspecified atom stereocenters. The average Bonchev–Trinajstić information content (AvgIpc) is 3.71. The van der Waals surface area contributed by atoms with Gasteiger partial charge in [0.2, 0.25) is 5.13 Å². The van der Waals surface area contributed by atoms with E-state index >= 15 is 0 Å². The lowest BCUT2D eigenvalue weighted by atomic mass is 10.1. The summed E-state index contributed by atoms with van der Waals surface area (Å²) >= 11 is 2.03. The Morgan fingerprint density at radius 1 is 0.605 bits per heavy atom. The monoisotopic (exact) mass is 1210 g/mol. The third-order valence-corrected chi connectivity index (χ3v) is 15.9. The van der Waals surface area contributed by atoms with Crippen molar-refractivity contribution >= 4 is 139 Å². The molecule has 35 heteroatoms. The number of benzene rings is 5. The van der Waals surface area contributed by atoms with Crippen LogP contribution in [-0.2, 0) is 61.2 Å². The van der Waals surface area contributed by atoms with Gasteiger partial charge in [0.15, 0.2) is 0 Å². The standard InChI is InChI=1S/C31H32N6O13S6.C10H15NO4S.O3S/c1-17-11-22(32)26(50-7-3-9-53(38,39)40)15-23(17)34-36-25-12-18(2)24(16-27(25)51-8-4-10-54(41,42)43)35-37-31-33-29-28(56(47,48)49)13-19-5-6-20(55(44,45)46)14-21(19)30(29)52-31;1-8-3-4-10(9(11)7-8)15-5-2-6-16(12,13)14;1-4(2)3/h5-6,11-16H,3-4,7-10,32H2,1-2H3,(H,38,39,40)(H,41,42,43)(H,44,45,46)(H,47,48,49);3-4,7H,2,5-6,11H2,1H3,(H,12,13,14);. The number of nitrogen functional groups attached to an aromatic ring is 2. The second kappa shape index (κ2) is 26.5. The first-order valence-corrected chi connectivity index (χ1v) is 31.7. The van der Waals surface area contributed by atoms with Gasteiger partial charge in [0, 0.05) is 16.3 Å². The molecule has 0 aliphatic heterocycles. The molecule has 27 nitrogen and oxygen atoms in total. The number of thiazole rings is 1. The number of hydrogen-bond acceptors (Lipinski definition) is 24. The molecule has 6 rings (SSSR count). The Kier molecular flexibility index (Phi) is 21.9. The van der Waals surface area contributed by atoms with Gasteiger partial charge in [0.25, 0.3) is 50.6 Å². The number of azo groups is 2. The Hall–Kier alpha value is -5.83. The van der Waals surface area contributed by atoms with Crippen LogP contribution in [0.5, 0.6) is 11.5 Å². The number of aromatic nitrogens is 1. The highest BCUT2D eigenvalue weighted by Gasteiger charge is 2.23. The van der Waals surface area contributed by atoms with Crippen molar-refractivity contribution in [1.82, 2.24) is 4.98 Å². The highest BCUT2D eigenvalue weighted by molar-refractivity contribution is 7.99. The van der Waals surface area contributed by atoms with Crippen molar-refractivity contribution in [3.05, 3.63) is 83.4 Å². The largest absolute Gasteiger partial charge is 0.491 e. The Labute approximate surface area is 445 Å². The van der Waals surface area contributed by atoms with Crippen LogP contribution < -0.4 is 20.9 Å². The van der Waals surface area contributed by atoms with E-state index < -0.39 is 82.5 Å². The molecule has 0 bridgehead atoms. The van der Waals surface area contributed by atoms with E-state index in [1.807, 2.05) is 13.0 Å². The molecule has 0 saturated carbocycles. The van der Waals surface area contributed by atoms with E-state index in [0.717, 1.165) is 35.1 Å². The molecule has 0 radical (unpaired) electrons. The van der Waals surface area contributed by atoms with Crippen LogP contribution in [0.1, 0.15) is 36.0 Å². The summed E-state index contributed by atoms with van der Waals surface area (Å²) < 4.78 is 196. The van der Waals surface area contributed by atoms with Gasteiger partial charge in [-0.2, -0.15) is 47.2 Å². The van der Waals surface area contributed by atoms with Gasteiger partial charge in [0.05, 0.1) is 68.5 Å². The Balaban J connectivity index is 0.000000523. The number of hydrogen-bond donors (Lipinski definition) is 7. The van der Waals surface area contributed by atoms with E-state index in [1.165, 1.54) is 23.9 Å². The van der Waals surface area contributed by atoms with E-state index in [0.29, 0.717) is 44.5 Å². The van der Waals surface area contributed by atoms with Crippen LogP contribution >= 0.6 is 23.1 Å². The minimum absolute atomic E-state index is 0.00348. The number of anilines is 2. The van der Waals surface area contributed by atoms with Gasteiger partial charge in [-0.25, -0.2) is 4.98 Å². The predicted molar refractivity (Wildman–Crippen MR) is 282 cm³/mol. The molecule has 0 atom stereocenters. The van der Waals surface area contributed by atoms with E-state index in [-0.39, 0.29) is 81.5 Å². The highest BCUT2D eigenvalue weighted by atomic mass is 32.2. The molecule has 1 aromatic heterocycles. The third-order valence-electron chi connectivity index (χ3n) is 9.67. The fraction of sp³-hybridized carbons (Fsp3) is 0.293. The molecule has 0 aliphatic rings. The lowest BCUT2D eigenvalue weighted by Gasteiger charge is -2.11. The molecule has 5 aromatic carbocycles. The first-order valence-electron chi connectivity index (χ1n) is 21.2. The number of aryl methyl sites for hydroxylation is 3. The van der Waals surface area contributed by atoms with Crippen molar-refractivity contribution in [3.63, 3.8) is 0 Å². The smallest absolute Gasteiger partial charge is 0.425 e. The number of fused-ring (bicyclic) bond motifs is 3. The second-order valence-electron chi connectivity index (χ2n) is 15.8. The lowest BCUT2D eigenvalue weighted by molar-refractivity contribution is 0.317. The Morgan fingerprint density at radius 3 is 1.70 bits per heavy atom. The topological polar surface area (TPSA) is 456 Å². The first-order chi connectivity index (χ1) is 35.1. The minimum atomic E-state index is -4.81. The SMILES string of the molecule is Cc1cc(N=Nc2cc(OCCCS(=O)(=O)O)c(N)cc2C)c(SCCCS(=O)(=O)O)cc1N=Nc1nc2c(S(=O)(=O)O)cc3ccc(S(=O)(=O)O)cc3c2s1.Cc1ccc(OCCCS(=O)(=O)O)c(N)c1.O=S(=O)=O. The molecular weight excluding hydrogens is 1170 g/mol. The third kappa shape index (κ3) is 20.6. The average molecular weight is 1210 g/mol. The van der Waals surface area contributed by atoms with Crippen molar-refractivity contribution in [2.75, 3.05) is 47.7 Å². The molecule has 0 fully saturated rings. The summed E-state index contributed by atoms with van der Waals surface area (Å²) in [4.78, 5) is 3.70. The van der Waals surface area contributed by atoms with Gasteiger partial charge < -0.3 is 20.9 Å². The summed E-state index contributed by atoms with van der Waals surface area (Å²) in [6, 6.07) is 16.3. The van der Waals surface area contributed by atoms with Crippen LogP contribution in [0.4, 0.5) is 33.6 Å². The number of nitrogens with zero attached hydrogens (tertiary/aromatic N) is 5. The van der Waals surface area contributed by atoms with Crippen molar-refractivity contribution in [2.24, 2.45) is 20.5 Å². The van der Waals surface area contributed by atoms with Crippen molar-refractivity contribution in [3.8, 4) is 11.5 Å². The van der Waals surface area contributed by atoms with Crippen molar-refractivity contribution in [2.45, 2.75) is 54.7 Å².